The van der Waals surface area contributed by atoms with Crippen molar-refractivity contribution in [3.63, 3.8) is 0 Å². The van der Waals surface area contributed by atoms with Crippen molar-refractivity contribution in [1.82, 2.24) is 5.32 Å². The lowest BCUT2D eigenvalue weighted by atomic mass is 10.0. The van der Waals surface area contributed by atoms with E-state index >= 15 is 0 Å². The summed E-state index contributed by atoms with van der Waals surface area (Å²) in [5.41, 5.74) is 1.19. The van der Waals surface area contributed by atoms with Crippen LogP contribution in [0.1, 0.15) is 32.4 Å². The van der Waals surface area contributed by atoms with Crippen LogP contribution < -0.4 is 5.32 Å². The number of hydrogen-bond donors (Lipinski definition) is 1. The fourth-order valence-electron chi connectivity index (χ4n) is 1.80. The number of methoxy groups -OCH3 is 1. The number of benzene rings is 1. The summed E-state index contributed by atoms with van der Waals surface area (Å²) in [6, 6.07) is 8.39. The van der Waals surface area contributed by atoms with Crippen molar-refractivity contribution in [3.8, 4) is 0 Å². The molecule has 1 aromatic carbocycles. The van der Waals surface area contributed by atoms with E-state index in [1.165, 1.54) is 12.7 Å². The lowest BCUT2D eigenvalue weighted by Crippen LogP contribution is -2.38. The maximum Gasteiger partial charge on any atom is 0.309 e. The molecule has 0 spiro atoms. The van der Waals surface area contributed by atoms with Crippen LogP contribution in [0.15, 0.2) is 28.7 Å². The molecule has 1 rings (SSSR count). The molecule has 1 aromatic rings. The van der Waals surface area contributed by atoms with Gasteiger partial charge in [-0.1, -0.05) is 35.0 Å². The van der Waals surface area contributed by atoms with Crippen LogP contribution in [-0.4, -0.2) is 19.1 Å². The summed E-state index contributed by atoms with van der Waals surface area (Å²) in [4.78, 5) is 11.5. The summed E-state index contributed by atoms with van der Waals surface area (Å²) in [7, 11) is 1.42. The van der Waals surface area contributed by atoms with Gasteiger partial charge in [-0.15, -0.1) is 0 Å². The van der Waals surface area contributed by atoms with Crippen molar-refractivity contribution in [3.05, 3.63) is 34.3 Å². The number of nitrogens with one attached hydrogen (secondary N) is 1. The van der Waals surface area contributed by atoms with Gasteiger partial charge in [-0.3, -0.25) is 4.79 Å². The van der Waals surface area contributed by atoms with Gasteiger partial charge in [0.05, 0.1) is 13.0 Å². The molecule has 0 heterocycles. The van der Waals surface area contributed by atoms with Gasteiger partial charge in [0.1, 0.15) is 0 Å². The predicted octanol–water partition coefficient (Wildman–Crippen LogP) is 3.30. The number of halogens is 1. The fourth-order valence-corrected chi connectivity index (χ4v) is 2.22. The minimum absolute atomic E-state index is 0.0615. The van der Waals surface area contributed by atoms with Gasteiger partial charge in [0, 0.05) is 16.6 Å². The Morgan fingerprint density at radius 2 is 2.00 bits per heavy atom. The first kappa shape index (κ1) is 15.2. The first-order chi connectivity index (χ1) is 8.45. The maximum atomic E-state index is 11.5. The van der Waals surface area contributed by atoms with Gasteiger partial charge in [-0.25, -0.2) is 0 Å². The molecule has 3 nitrogen and oxygen atoms in total. The molecule has 1 N–H and O–H groups in total. The van der Waals surface area contributed by atoms with Crippen LogP contribution in [-0.2, 0) is 9.53 Å². The predicted molar refractivity (Wildman–Crippen MR) is 76.3 cm³/mol. The Morgan fingerprint density at radius 1 is 1.33 bits per heavy atom. The van der Waals surface area contributed by atoms with Gasteiger partial charge in [0.25, 0.3) is 0 Å². The van der Waals surface area contributed by atoms with Crippen LogP contribution in [0.2, 0.25) is 0 Å². The Bertz CT molecular complexity index is 409. The topological polar surface area (TPSA) is 38.3 Å². The van der Waals surface area contributed by atoms with Crippen LogP contribution in [0.25, 0.3) is 0 Å². The van der Waals surface area contributed by atoms with Crippen LogP contribution in [0.5, 0.6) is 0 Å². The van der Waals surface area contributed by atoms with Crippen molar-refractivity contribution in [1.29, 1.82) is 0 Å². The Kier molecular flexibility index (Phi) is 5.82. The van der Waals surface area contributed by atoms with E-state index in [0.717, 1.165) is 4.47 Å². The summed E-state index contributed by atoms with van der Waals surface area (Å²) in [5, 5.41) is 3.42. The standard InChI is InChI=1S/C14H20BrNO2/c1-9(14(17)18-4)10(2)16-11(3)12-6-5-7-13(15)8-12/h5-11,16H,1-4H3/t9?,10?,11-/m1/s1. The molecule has 0 aromatic heterocycles. The highest BCUT2D eigenvalue weighted by molar-refractivity contribution is 9.10. The van der Waals surface area contributed by atoms with E-state index in [1.54, 1.807) is 0 Å². The molecule has 3 atom stereocenters. The van der Waals surface area contributed by atoms with Crippen LogP contribution in [0.3, 0.4) is 0 Å². The Hall–Kier alpha value is -0.870. The second-order valence-corrected chi connectivity index (χ2v) is 5.46. The summed E-state index contributed by atoms with van der Waals surface area (Å²) < 4.78 is 5.81. The van der Waals surface area contributed by atoms with E-state index in [0.29, 0.717) is 0 Å². The third-order valence-corrected chi connectivity index (χ3v) is 3.68. The highest BCUT2D eigenvalue weighted by Gasteiger charge is 2.22. The first-order valence-corrected chi connectivity index (χ1v) is 6.84. The van der Waals surface area contributed by atoms with Crippen LogP contribution in [0, 0.1) is 5.92 Å². The third kappa shape index (κ3) is 4.10. The summed E-state index contributed by atoms with van der Waals surface area (Å²) in [6.45, 7) is 5.95. The second kappa shape index (κ2) is 6.90. The van der Waals surface area contributed by atoms with Crippen molar-refractivity contribution in [2.75, 3.05) is 7.11 Å². The molecule has 0 bridgehead atoms. The number of ether oxygens (including phenoxy) is 1. The minimum atomic E-state index is -0.184. The lowest BCUT2D eigenvalue weighted by molar-refractivity contribution is -0.145. The van der Waals surface area contributed by atoms with E-state index < -0.39 is 0 Å². The van der Waals surface area contributed by atoms with Crippen LogP contribution >= 0.6 is 15.9 Å². The smallest absolute Gasteiger partial charge is 0.309 e. The molecule has 0 aliphatic heterocycles. The SMILES string of the molecule is COC(=O)C(C)C(C)N[C@H](C)c1cccc(Br)c1. The number of esters is 1. The van der Waals surface area contributed by atoms with Crippen molar-refractivity contribution in [2.45, 2.75) is 32.9 Å². The number of carbonyl (C=O) groups is 1. The molecule has 2 unspecified atom stereocenters. The van der Waals surface area contributed by atoms with Gasteiger partial charge in [-0.05, 0) is 31.5 Å². The molecule has 0 fully saturated rings. The molecule has 0 aliphatic rings. The van der Waals surface area contributed by atoms with E-state index in [-0.39, 0.29) is 24.0 Å². The molecule has 4 heteroatoms. The van der Waals surface area contributed by atoms with Gasteiger partial charge in [0.2, 0.25) is 0 Å². The normalized spacial score (nSPS) is 15.8. The highest BCUT2D eigenvalue weighted by atomic mass is 79.9. The fraction of sp³-hybridized carbons (Fsp3) is 0.500. The van der Waals surface area contributed by atoms with Gasteiger partial charge < -0.3 is 10.1 Å². The number of carbonyl (C=O) groups excluding carboxylic acids is 1. The van der Waals surface area contributed by atoms with Gasteiger partial charge >= 0.3 is 5.97 Å². The molecule has 0 saturated heterocycles. The van der Waals surface area contributed by atoms with Crippen molar-refractivity contribution in [2.24, 2.45) is 5.92 Å². The van der Waals surface area contributed by atoms with E-state index in [9.17, 15) is 4.79 Å². The number of hydrogen-bond acceptors (Lipinski definition) is 3. The Morgan fingerprint density at radius 3 is 2.56 bits per heavy atom. The highest BCUT2D eigenvalue weighted by Crippen LogP contribution is 2.19. The number of rotatable bonds is 5. The molecule has 0 saturated carbocycles. The molecular formula is C14H20BrNO2. The van der Waals surface area contributed by atoms with Crippen LogP contribution in [0.4, 0.5) is 0 Å². The van der Waals surface area contributed by atoms with Gasteiger partial charge in [-0.2, -0.15) is 0 Å². The average molecular weight is 314 g/mol. The zero-order valence-electron chi connectivity index (χ0n) is 11.2. The second-order valence-electron chi connectivity index (χ2n) is 4.54. The molecule has 18 heavy (non-hydrogen) atoms. The Labute approximate surface area is 117 Å². The molecule has 0 aliphatic carbocycles. The molecular weight excluding hydrogens is 294 g/mol. The van der Waals surface area contributed by atoms with Crippen molar-refractivity contribution < 1.29 is 9.53 Å². The zero-order valence-corrected chi connectivity index (χ0v) is 12.8. The summed E-state index contributed by atoms with van der Waals surface area (Å²) in [5.74, 6) is -0.346. The quantitative estimate of drug-likeness (QED) is 0.848. The minimum Gasteiger partial charge on any atom is -0.469 e. The lowest BCUT2D eigenvalue weighted by Gasteiger charge is -2.24. The molecule has 0 radical (unpaired) electrons. The summed E-state index contributed by atoms with van der Waals surface area (Å²) in [6.07, 6.45) is 0. The average Bonchev–Trinajstić information content (AvgIpc) is 2.36. The first-order valence-electron chi connectivity index (χ1n) is 6.05. The maximum absolute atomic E-state index is 11.5. The Balaban J connectivity index is 2.64. The van der Waals surface area contributed by atoms with Gasteiger partial charge in [0.15, 0.2) is 0 Å². The monoisotopic (exact) mass is 313 g/mol. The third-order valence-electron chi connectivity index (χ3n) is 3.18. The van der Waals surface area contributed by atoms with E-state index in [1.807, 2.05) is 26.0 Å². The van der Waals surface area contributed by atoms with E-state index in [2.05, 4.69) is 40.3 Å². The largest absolute Gasteiger partial charge is 0.469 e. The van der Waals surface area contributed by atoms with Crippen molar-refractivity contribution >= 4 is 21.9 Å². The summed E-state index contributed by atoms with van der Waals surface area (Å²) >= 11 is 3.46. The molecule has 0 amide bonds. The molecule has 100 valence electrons. The zero-order chi connectivity index (χ0) is 13.7. The van der Waals surface area contributed by atoms with E-state index in [4.69, 9.17) is 4.74 Å².